The van der Waals surface area contributed by atoms with Crippen molar-refractivity contribution in [3.8, 4) is 0 Å². The van der Waals surface area contributed by atoms with Crippen LogP contribution >= 0.6 is 11.8 Å². The molecule has 0 aliphatic carbocycles. The minimum atomic E-state index is 0.523. The lowest BCUT2D eigenvalue weighted by molar-refractivity contribution is 0.429. The Morgan fingerprint density at radius 3 is 2.18 bits per heavy atom. The topological polar surface area (TPSA) is 0 Å². The molecule has 0 radical (unpaired) electrons. The van der Waals surface area contributed by atoms with Crippen LogP contribution in [-0.4, -0.2) is 11.0 Å². The highest BCUT2D eigenvalue weighted by molar-refractivity contribution is 7.99. The van der Waals surface area contributed by atoms with E-state index < -0.39 is 0 Å². The molecule has 0 amide bonds. The molecule has 0 saturated carbocycles. The van der Waals surface area contributed by atoms with Crippen LogP contribution in [0, 0.1) is 5.92 Å². The van der Waals surface area contributed by atoms with Crippen molar-refractivity contribution in [2.45, 2.75) is 51.7 Å². The van der Waals surface area contributed by atoms with Crippen LogP contribution in [0.3, 0.4) is 0 Å². The third kappa shape index (κ3) is 4.05. The Labute approximate surface area is 76.1 Å². The van der Waals surface area contributed by atoms with E-state index in [1.165, 1.54) is 19.3 Å². The van der Waals surface area contributed by atoms with Crippen LogP contribution in [0.1, 0.15) is 47.0 Å². The smallest absolute Gasteiger partial charge is 0.0129 e. The average Bonchev–Trinajstić information content (AvgIpc) is 2.04. The van der Waals surface area contributed by atoms with Gasteiger partial charge in [0.05, 0.1) is 0 Å². The second kappa shape index (κ2) is 5.08. The maximum Gasteiger partial charge on any atom is 0.0129 e. The summed E-state index contributed by atoms with van der Waals surface area (Å²) in [5.41, 5.74) is 0. The van der Waals surface area contributed by atoms with Gasteiger partial charge in [0, 0.05) is 4.75 Å². The van der Waals surface area contributed by atoms with Crippen LogP contribution in [0.15, 0.2) is 0 Å². The molecule has 0 saturated heterocycles. The summed E-state index contributed by atoms with van der Waals surface area (Å²) in [7, 11) is 0. The van der Waals surface area contributed by atoms with Gasteiger partial charge >= 0.3 is 0 Å². The zero-order valence-corrected chi connectivity index (χ0v) is 9.42. The summed E-state index contributed by atoms with van der Waals surface area (Å²) in [6, 6.07) is 0. The quantitative estimate of drug-likeness (QED) is 0.608. The summed E-state index contributed by atoms with van der Waals surface area (Å²) in [6.07, 6.45) is 6.20. The predicted octanol–water partition coefficient (Wildman–Crippen LogP) is 3.95. The van der Waals surface area contributed by atoms with Gasteiger partial charge in [-0.15, -0.1) is 0 Å². The van der Waals surface area contributed by atoms with Crippen molar-refractivity contribution in [3.63, 3.8) is 0 Å². The highest BCUT2D eigenvalue weighted by Crippen LogP contribution is 2.33. The van der Waals surface area contributed by atoms with Gasteiger partial charge in [0.1, 0.15) is 0 Å². The first kappa shape index (κ1) is 11.4. The molecule has 2 atom stereocenters. The molecule has 0 nitrogen and oxygen atoms in total. The lowest BCUT2D eigenvalue weighted by Gasteiger charge is -2.28. The molecule has 0 aromatic rings. The SMILES string of the molecule is CCC(C)CC(C)(CC)SC. The van der Waals surface area contributed by atoms with Crippen molar-refractivity contribution in [1.29, 1.82) is 0 Å². The van der Waals surface area contributed by atoms with Crippen LogP contribution < -0.4 is 0 Å². The van der Waals surface area contributed by atoms with Crippen molar-refractivity contribution in [3.05, 3.63) is 0 Å². The highest BCUT2D eigenvalue weighted by atomic mass is 32.2. The first-order valence-electron chi connectivity index (χ1n) is 4.63. The summed E-state index contributed by atoms with van der Waals surface area (Å²) >= 11 is 2.02. The fourth-order valence-electron chi connectivity index (χ4n) is 1.25. The second-order valence-corrected chi connectivity index (χ2v) is 5.12. The molecule has 0 aromatic carbocycles. The standard InChI is InChI=1S/C10H22S/c1-6-9(3)8-10(4,7-2)11-5/h9H,6-8H2,1-5H3. The van der Waals surface area contributed by atoms with E-state index in [1.54, 1.807) is 0 Å². The van der Waals surface area contributed by atoms with Crippen molar-refractivity contribution < 1.29 is 0 Å². The van der Waals surface area contributed by atoms with Gasteiger partial charge in [-0.3, -0.25) is 0 Å². The molecule has 11 heavy (non-hydrogen) atoms. The molecule has 0 aliphatic heterocycles. The Bertz CT molecular complexity index is 95.0. The largest absolute Gasteiger partial charge is 0.159 e. The summed E-state index contributed by atoms with van der Waals surface area (Å²) < 4.78 is 0.523. The van der Waals surface area contributed by atoms with Gasteiger partial charge < -0.3 is 0 Å². The fraction of sp³-hybridized carbons (Fsp3) is 1.00. The second-order valence-electron chi connectivity index (χ2n) is 3.73. The van der Waals surface area contributed by atoms with Crippen LogP contribution in [-0.2, 0) is 0 Å². The lowest BCUT2D eigenvalue weighted by atomic mass is 9.93. The van der Waals surface area contributed by atoms with E-state index in [-0.39, 0.29) is 0 Å². The molecule has 0 fully saturated rings. The lowest BCUT2D eigenvalue weighted by Crippen LogP contribution is -2.21. The summed E-state index contributed by atoms with van der Waals surface area (Å²) in [5.74, 6) is 0.882. The van der Waals surface area contributed by atoms with Crippen LogP contribution in [0.2, 0.25) is 0 Å². The monoisotopic (exact) mass is 174 g/mol. The Kier molecular flexibility index (Phi) is 5.24. The zero-order valence-electron chi connectivity index (χ0n) is 8.61. The van der Waals surface area contributed by atoms with E-state index in [1.807, 2.05) is 11.8 Å². The van der Waals surface area contributed by atoms with Gasteiger partial charge in [0.2, 0.25) is 0 Å². The van der Waals surface area contributed by atoms with Crippen molar-refractivity contribution >= 4 is 11.8 Å². The van der Waals surface area contributed by atoms with Crippen molar-refractivity contribution in [2.24, 2.45) is 5.92 Å². The van der Waals surface area contributed by atoms with E-state index in [0.717, 1.165) is 5.92 Å². The van der Waals surface area contributed by atoms with Gasteiger partial charge in [0.15, 0.2) is 0 Å². The molecular weight excluding hydrogens is 152 g/mol. The zero-order chi connectivity index (χ0) is 8.91. The van der Waals surface area contributed by atoms with Crippen LogP contribution in [0.25, 0.3) is 0 Å². The molecule has 0 spiro atoms. The van der Waals surface area contributed by atoms with Crippen molar-refractivity contribution in [1.82, 2.24) is 0 Å². The number of hydrogen-bond acceptors (Lipinski definition) is 1. The molecule has 0 N–H and O–H groups in total. The molecule has 2 unspecified atom stereocenters. The van der Waals surface area contributed by atoms with E-state index >= 15 is 0 Å². The molecule has 0 aromatic heterocycles. The Balaban J connectivity index is 3.86. The first-order valence-corrected chi connectivity index (χ1v) is 5.85. The van der Waals surface area contributed by atoms with Gasteiger partial charge in [0.25, 0.3) is 0 Å². The normalized spacial score (nSPS) is 19.4. The minimum Gasteiger partial charge on any atom is -0.159 e. The third-order valence-corrected chi connectivity index (χ3v) is 4.16. The molecule has 1 heteroatoms. The van der Waals surface area contributed by atoms with E-state index in [0.29, 0.717) is 4.75 Å². The summed E-state index contributed by atoms with van der Waals surface area (Å²) in [4.78, 5) is 0. The number of hydrogen-bond donors (Lipinski definition) is 0. The maximum atomic E-state index is 2.38. The Morgan fingerprint density at radius 2 is 1.91 bits per heavy atom. The van der Waals surface area contributed by atoms with Gasteiger partial charge in [-0.05, 0) is 25.0 Å². The maximum absolute atomic E-state index is 2.38. The molecule has 0 bridgehead atoms. The van der Waals surface area contributed by atoms with E-state index in [2.05, 4.69) is 34.0 Å². The van der Waals surface area contributed by atoms with Gasteiger partial charge in [-0.2, -0.15) is 11.8 Å². The molecule has 0 aliphatic rings. The fourth-order valence-corrected chi connectivity index (χ4v) is 1.99. The predicted molar refractivity (Wildman–Crippen MR) is 56.3 cm³/mol. The van der Waals surface area contributed by atoms with E-state index in [4.69, 9.17) is 0 Å². The average molecular weight is 174 g/mol. The van der Waals surface area contributed by atoms with Gasteiger partial charge in [-0.1, -0.05) is 34.1 Å². The molecule has 0 rings (SSSR count). The number of rotatable bonds is 5. The van der Waals surface area contributed by atoms with Crippen LogP contribution in [0.5, 0.6) is 0 Å². The summed E-state index contributed by atoms with van der Waals surface area (Å²) in [5, 5.41) is 0. The molecule has 68 valence electrons. The minimum absolute atomic E-state index is 0.523. The number of thioether (sulfide) groups is 1. The third-order valence-electron chi connectivity index (χ3n) is 2.72. The van der Waals surface area contributed by atoms with Crippen LogP contribution in [0.4, 0.5) is 0 Å². The Hall–Kier alpha value is 0.350. The van der Waals surface area contributed by atoms with E-state index in [9.17, 15) is 0 Å². The first-order chi connectivity index (χ1) is 5.08. The van der Waals surface area contributed by atoms with Gasteiger partial charge in [-0.25, -0.2) is 0 Å². The highest BCUT2D eigenvalue weighted by Gasteiger charge is 2.22. The molecular formula is C10H22S. The molecule has 0 heterocycles. The summed E-state index contributed by atoms with van der Waals surface area (Å²) in [6.45, 7) is 9.30. The Morgan fingerprint density at radius 1 is 1.36 bits per heavy atom. The van der Waals surface area contributed by atoms with Crippen molar-refractivity contribution in [2.75, 3.05) is 6.26 Å².